The summed E-state index contributed by atoms with van der Waals surface area (Å²) in [6.45, 7) is 9.54. The normalized spacial score (nSPS) is 13.5. The molecule has 1 aromatic rings. The van der Waals surface area contributed by atoms with Gasteiger partial charge in [-0.25, -0.2) is 0 Å². The third kappa shape index (κ3) is 2.56. The van der Waals surface area contributed by atoms with Gasteiger partial charge in [0.2, 0.25) is 0 Å². The Labute approximate surface area is 90.7 Å². The zero-order valence-corrected chi connectivity index (χ0v) is 10.1. The fourth-order valence-corrected chi connectivity index (χ4v) is 2.56. The van der Waals surface area contributed by atoms with Crippen LogP contribution >= 0.6 is 11.3 Å². The molecule has 1 unspecified atom stereocenters. The molecule has 1 rings (SSSR count). The predicted octanol–water partition coefficient (Wildman–Crippen LogP) is 2.61. The van der Waals surface area contributed by atoms with E-state index in [1.165, 1.54) is 10.4 Å². The van der Waals surface area contributed by atoms with Gasteiger partial charge in [-0.2, -0.15) is 0 Å². The summed E-state index contributed by atoms with van der Waals surface area (Å²) in [6, 6.07) is 2.75. The zero-order valence-electron chi connectivity index (χ0n) is 9.29. The van der Waals surface area contributed by atoms with E-state index in [-0.39, 0.29) is 0 Å². The van der Waals surface area contributed by atoms with E-state index in [4.69, 9.17) is 5.73 Å². The minimum Gasteiger partial charge on any atom is -0.326 e. The summed E-state index contributed by atoms with van der Waals surface area (Å²) in [7, 11) is 0. The van der Waals surface area contributed by atoms with E-state index in [9.17, 15) is 0 Å². The van der Waals surface area contributed by atoms with Crippen LogP contribution in [0.5, 0.6) is 0 Å². The monoisotopic (exact) mass is 212 g/mol. The molecule has 0 saturated heterocycles. The Bertz CT molecular complexity index is 266. The lowest BCUT2D eigenvalue weighted by Gasteiger charge is -2.25. The summed E-state index contributed by atoms with van der Waals surface area (Å²) in [5, 5.41) is 2.23. The maximum atomic E-state index is 5.60. The van der Waals surface area contributed by atoms with Crippen molar-refractivity contribution < 1.29 is 0 Å². The molecular weight excluding hydrogens is 192 g/mol. The van der Waals surface area contributed by atoms with Gasteiger partial charge < -0.3 is 5.73 Å². The van der Waals surface area contributed by atoms with Crippen LogP contribution in [0.25, 0.3) is 0 Å². The van der Waals surface area contributed by atoms with E-state index in [1.54, 1.807) is 11.3 Å². The molecule has 2 nitrogen and oxygen atoms in total. The van der Waals surface area contributed by atoms with Crippen molar-refractivity contribution in [2.24, 2.45) is 5.73 Å². The van der Waals surface area contributed by atoms with Crippen LogP contribution < -0.4 is 5.73 Å². The fraction of sp³-hybridized carbons (Fsp3) is 0.636. The second kappa shape index (κ2) is 5.49. The first-order valence-corrected chi connectivity index (χ1v) is 6.12. The van der Waals surface area contributed by atoms with E-state index in [1.807, 2.05) is 0 Å². The van der Waals surface area contributed by atoms with Crippen LogP contribution in [-0.2, 0) is 6.54 Å². The first kappa shape index (κ1) is 11.7. The highest BCUT2D eigenvalue weighted by atomic mass is 32.1. The van der Waals surface area contributed by atoms with Crippen molar-refractivity contribution in [3.05, 3.63) is 21.9 Å². The fourth-order valence-electron chi connectivity index (χ4n) is 1.71. The highest BCUT2D eigenvalue weighted by molar-refractivity contribution is 7.10. The summed E-state index contributed by atoms with van der Waals surface area (Å²) in [6.07, 6.45) is 0. The van der Waals surface area contributed by atoms with Gasteiger partial charge in [0.1, 0.15) is 0 Å². The Hall–Kier alpha value is -0.380. The van der Waals surface area contributed by atoms with Gasteiger partial charge in [0.15, 0.2) is 0 Å². The van der Waals surface area contributed by atoms with E-state index >= 15 is 0 Å². The molecule has 0 amide bonds. The molecule has 0 fully saturated rings. The van der Waals surface area contributed by atoms with Crippen molar-refractivity contribution in [2.45, 2.75) is 33.4 Å². The van der Waals surface area contributed by atoms with Crippen LogP contribution in [0, 0.1) is 0 Å². The molecule has 3 heteroatoms. The second-order valence-corrected chi connectivity index (χ2v) is 4.44. The summed E-state index contributed by atoms with van der Waals surface area (Å²) in [4.78, 5) is 3.72. The summed E-state index contributed by atoms with van der Waals surface area (Å²) in [5.74, 6) is 0. The number of hydrogen-bond donors (Lipinski definition) is 1. The second-order valence-electron chi connectivity index (χ2n) is 3.45. The van der Waals surface area contributed by atoms with E-state index < -0.39 is 0 Å². The Balaban J connectivity index is 2.72. The van der Waals surface area contributed by atoms with Crippen molar-refractivity contribution in [2.75, 3.05) is 13.1 Å². The zero-order chi connectivity index (χ0) is 10.6. The number of rotatable bonds is 5. The number of hydrogen-bond acceptors (Lipinski definition) is 3. The highest BCUT2D eigenvalue weighted by Crippen LogP contribution is 2.24. The van der Waals surface area contributed by atoms with E-state index in [0.29, 0.717) is 12.6 Å². The van der Waals surface area contributed by atoms with Crippen LogP contribution in [0.1, 0.15) is 37.3 Å². The largest absolute Gasteiger partial charge is 0.326 e. The Morgan fingerprint density at radius 1 is 1.43 bits per heavy atom. The lowest BCUT2D eigenvalue weighted by atomic mass is 10.1. The van der Waals surface area contributed by atoms with Gasteiger partial charge in [-0.05, 0) is 37.0 Å². The molecule has 80 valence electrons. The highest BCUT2D eigenvalue weighted by Gasteiger charge is 2.13. The van der Waals surface area contributed by atoms with Gasteiger partial charge in [-0.3, -0.25) is 4.90 Å². The quantitative estimate of drug-likeness (QED) is 0.813. The van der Waals surface area contributed by atoms with Crippen molar-refractivity contribution in [3.63, 3.8) is 0 Å². The minimum absolute atomic E-state index is 0.515. The lowest BCUT2D eigenvalue weighted by Crippen LogP contribution is -2.26. The first-order chi connectivity index (χ1) is 6.72. The molecule has 0 aliphatic heterocycles. The SMILES string of the molecule is CCN(CC)C(C)c1csc(CN)c1. The van der Waals surface area contributed by atoms with Crippen LogP contribution in [-0.4, -0.2) is 18.0 Å². The lowest BCUT2D eigenvalue weighted by molar-refractivity contribution is 0.235. The molecule has 0 bridgehead atoms. The van der Waals surface area contributed by atoms with E-state index in [2.05, 4.69) is 37.1 Å². The number of nitrogens with two attached hydrogens (primary N) is 1. The molecule has 1 atom stereocenters. The number of thiophene rings is 1. The predicted molar refractivity (Wildman–Crippen MR) is 63.5 cm³/mol. The molecule has 0 spiro atoms. The Kier molecular flexibility index (Phi) is 4.58. The third-order valence-corrected chi connectivity index (χ3v) is 3.69. The van der Waals surface area contributed by atoms with Crippen molar-refractivity contribution in [1.29, 1.82) is 0 Å². The van der Waals surface area contributed by atoms with Crippen molar-refractivity contribution in [1.82, 2.24) is 4.90 Å². The minimum atomic E-state index is 0.515. The van der Waals surface area contributed by atoms with Crippen LogP contribution in [0.2, 0.25) is 0 Å². The first-order valence-electron chi connectivity index (χ1n) is 5.24. The summed E-state index contributed by atoms with van der Waals surface area (Å²) < 4.78 is 0. The molecule has 0 aromatic carbocycles. The smallest absolute Gasteiger partial charge is 0.0327 e. The summed E-state index contributed by atoms with van der Waals surface area (Å²) in [5.41, 5.74) is 7.00. The Morgan fingerprint density at radius 3 is 2.50 bits per heavy atom. The molecule has 0 saturated carbocycles. The van der Waals surface area contributed by atoms with Gasteiger partial charge >= 0.3 is 0 Å². The average Bonchev–Trinajstić information content (AvgIpc) is 2.67. The van der Waals surface area contributed by atoms with Crippen LogP contribution in [0.15, 0.2) is 11.4 Å². The molecule has 0 aliphatic rings. The standard InChI is InChI=1S/C11H20N2S/c1-4-13(5-2)9(3)10-6-11(7-12)14-8-10/h6,8-9H,4-5,7,12H2,1-3H3. The van der Waals surface area contributed by atoms with Crippen LogP contribution in [0.3, 0.4) is 0 Å². The topological polar surface area (TPSA) is 29.3 Å². The summed E-state index contributed by atoms with van der Waals surface area (Å²) >= 11 is 1.76. The van der Waals surface area contributed by atoms with Crippen molar-refractivity contribution >= 4 is 11.3 Å². The number of nitrogens with zero attached hydrogens (tertiary/aromatic N) is 1. The van der Waals surface area contributed by atoms with Gasteiger partial charge in [-0.15, -0.1) is 11.3 Å². The van der Waals surface area contributed by atoms with Gasteiger partial charge in [-0.1, -0.05) is 13.8 Å². The third-order valence-electron chi connectivity index (χ3n) is 2.72. The van der Waals surface area contributed by atoms with Crippen LogP contribution in [0.4, 0.5) is 0 Å². The van der Waals surface area contributed by atoms with Gasteiger partial charge in [0.25, 0.3) is 0 Å². The molecule has 14 heavy (non-hydrogen) atoms. The molecular formula is C11H20N2S. The molecule has 1 aromatic heterocycles. The maximum absolute atomic E-state index is 5.60. The molecule has 2 N–H and O–H groups in total. The van der Waals surface area contributed by atoms with E-state index in [0.717, 1.165) is 13.1 Å². The van der Waals surface area contributed by atoms with Gasteiger partial charge in [0, 0.05) is 17.5 Å². The Morgan fingerprint density at radius 2 is 2.07 bits per heavy atom. The maximum Gasteiger partial charge on any atom is 0.0327 e. The van der Waals surface area contributed by atoms with Gasteiger partial charge in [0.05, 0.1) is 0 Å². The van der Waals surface area contributed by atoms with Crippen molar-refractivity contribution in [3.8, 4) is 0 Å². The molecule has 0 radical (unpaired) electrons. The molecule has 1 heterocycles. The average molecular weight is 212 g/mol. The molecule has 0 aliphatic carbocycles.